The largest absolute Gasteiger partial charge is 0.475 e. The second-order valence-corrected chi connectivity index (χ2v) is 2.27. The molecule has 0 aliphatic heterocycles. The van der Waals surface area contributed by atoms with Gasteiger partial charge in [-0.2, -0.15) is 0 Å². The SMILES string of the molecule is COC(=O)c1c(C)noc1C(=O)O. The van der Waals surface area contributed by atoms with Crippen molar-refractivity contribution in [2.24, 2.45) is 0 Å². The third-order valence-corrected chi connectivity index (χ3v) is 1.45. The minimum Gasteiger partial charge on any atom is -0.475 e. The average Bonchev–Trinajstić information content (AvgIpc) is 2.46. The first-order valence-corrected chi connectivity index (χ1v) is 3.35. The van der Waals surface area contributed by atoms with Gasteiger partial charge in [0.15, 0.2) is 0 Å². The molecule has 13 heavy (non-hydrogen) atoms. The molecule has 70 valence electrons. The lowest BCUT2D eigenvalue weighted by Crippen LogP contribution is -2.08. The molecule has 1 rings (SSSR count). The summed E-state index contributed by atoms with van der Waals surface area (Å²) in [5.41, 5.74) is 0.0549. The van der Waals surface area contributed by atoms with Crippen molar-refractivity contribution in [2.75, 3.05) is 7.11 Å². The summed E-state index contributed by atoms with van der Waals surface area (Å²) in [5.74, 6) is -2.61. The Bertz CT molecular complexity index is 354. The minimum atomic E-state index is -1.35. The van der Waals surface area contributed by atoms with Crippen LogP contribution >= 0.6 is 0 Å². The summed E-state index contributed by atoms with van der Waals surface area (Å²) in [6.45, 7) is 1.46. The van der Waals surface area contributed by atoms with Gasteiger partial charge in [-0.05, 0) is 6.92 Å². The van der Waals surface area contributed by atoms with E-state index in [0.717, 1.165) is 7.11 Å². The number of ether oxygens (including phenoxy) is 1. The molecule has 1 heterocycles. The molecule has 0 saturated heterocycles. The number of carbonyl (C=O) groups excluding carboxylic acids is 1. The predicted molar refractivity (Wildman–Crippen MR) is 39.5 cm³/mol. The maximum absolute atomic E-state index is 11.0. The van der Waals surface area contributed by atoms with Gasteiger partial charge in [0.05, 0.1) is 12.8 Å². The number of methoxy groups -OCH3 is 1. The van der Waals surface area contributed by atoms with E-state index in [0.29, 0.717) is 0 Å². The van der Waals surface area contributed by atoms with E-state index in [-0.39, 0.29) is 11.3 Å². The van der Waals surface area contributed by atoms with E-state index < -0.39 is 17.7 Å². The number of hydrogen-bond donors (Lipinski definition) is 1. The van der Waals surface area contributed by atoms with Crippen LogP contribution < -0.4 is 0 Å². The summed E-state index contributed by atoms with van der Waals surface area (Å²) in [7, 11) is 1.15. The Morgan fingerprint density at radius 3 is 2.62 bits per heavy atom. The standard InChI is InChI=1S/C7H7NO5/c1-3-4(7(11)12-2)5(6(9)10)13-8-3/h1-2H3,(H,9,10). The molecule has 0 bridgehead atoms. The first-order chi connectivity index (χ1) is 6.07. The average molecular weight is 185 g/mol. The second kappa shape index (κ2) is 3.26. The Morgan fingerprint density at radius 2 is 2.15 bits per heavy atom. The summed E-state index contributed by atoms with van der Waals surface area (Å²) >= 11 is 0. The van der Waals surface area contributed by atoms with Crippen molar-refractivity contribution in [3.63, 3.8) is 0 Å². The number of carboxylic acids is 1. The van der Waals surface area contributed by atoms with E-state index in [1.165, 1.54) is 6.92 Å². The van der Waals surface area contributed by atoms with Crippen molar-refractivity contribution < 1.29 is 24.0 Å². The fraction of sp³-hybridized carbons (Fsp3) is 0.286. The Hall–Kier alpha value is -1.85. The van der Waals surface area contributed by atoms with Gasteiger partial charge in [0.1, 0.15) is 5.56 Å². The van der Waals surface area contributed by atoms with Crippen molar-refractivity contribution in [1.29, 1.82) is 0 Å². The molecule has 1 N–H and O–H groups in total. The predicted octanol–water partition coefficient (Wildman–Crippen LogP) is 0.468. The molecule has 6 heteroatoms. The monoisotopic (exact) mass is 185 g/mol. The lowest BCUT2D eigenvalue weighted by atomic mass is 10.2. The van der Waals surface area contributed by atoms with Gasteiger partial charge in [-0.3, -0.25) is 0 Å². The number of aryl methyl sites for hydroxylation is 1. The van der Waals surface area contributed by atoms with Gasteiger partial charge in [-0.1, -0.05) is 5.16 Å². The van der Waals surface area contributed by atoms with Crippen LogP contribution in [0.2, 0.25) is 0 Å². The number of rotatable bonds is 2. The number of carboxylic acid groups (broad SMARTS) is 1. The van der Waals surface area contributed by atoms with E-state index in [2.05, 4.69) is 14.4 Å². The molecular weight excluding hydrogens is 178 g/mol. The maximum Gasteiger partial charge on any atom is 0.375 e. The van der Waals surface area contributed by atoms with Crippen molar-refractivity contribution in [3.05, 3.63) is 17.0 Å². The highest BCUT2D eigenvalue weighted by Crippen LogP contribution is 2.14. The third kappa shape index (κ3) is 1.51. The normalized spacial score (nSPS) is 9.69. The van der Waals surface area contributed by atoms with Crippen molar-refractivity contribution in [3.8, 4) is 0 Å². The van der Waals surface area contributed by atoms with Crippen molar-refractivity contribution in [1.82, 2.24) is 5.16 Å². The van der Waals surface area contributed by atoms with Gasteiger partial charge >= 0.3 is 11.9 Å². The molecular formula is C7H7NO5. The highest BCUT2D eigenvalue weighted by molar-refractivity contribution is 6.01. The van der Waals surface area contributed by atoms with Gasteiger partial charge in [0.25, 0.3) is 5.76 Å². The third-order valence-electron chi connectivity index (χ3n) is 1.45. The minimum absolute atomic E-state index is 0.144. The quantitative estimate of drug-likeness (QED) is 0.673. The molecule has 0 amide bonds. The highest BCUT2D eigenvalue weighted by atomic mass is 16.5. The van der Waals surface area contributed by atoms with Crippen LogP contribution in [0.4, 0.5) is 0 Å². The fourth-order valence-electron chi connectivity index (χ4n) is 0.858. The van der Waals surface area contributed by atoms with Crippen molar-refractivity contribution in [2.45, 2.75) is 6.92 Å². The molecule has 6 nitrogen and oxygen atoms in total. The molecule has 0 spiro atoms. The summed E-state index contributed by atoms with van der Waals surface area (Å²) < 4.78 is 8.79. The van der Waals surface area contributed by atoms with E-state index in [1.807, 2.05) is 0 Å². The van der Waals surface area contributed by atoms with Gasteiger partial charge < -0.3 is 14.4 Å². The van der Waals surface area contributed by atoms with Crippen LogP contribution in [-0.2, 0) is 4.74 Å². The number of esters is 1. The first-order valence-electron chi connectivity index (χ1n) is 3.35. The number of aromatic carboxylic acids is 1. The summed E-state index contributed by atoms with van der Waals surface area (Å²) in [5, 5.41) is 11.9. The Labute approximate surface area is 73.1 Å². The number of aromatic nitrogens is 1. The topological polar surface area (TPSA) is 89.6 Å². The van der Waals surface area contributed by atoms with E-state index in [4.69, 9.17) is 5.11 Å². The molecule has 0 fully saturated rings. The zero-order valence-electron chi connectivity index (χ0n) is 7.03. The molecule has 1 aromatic rings. The van der Waals surface area contributed by atoms with Gasteiger partial charge in [-0.15, -0.1) is 0 Å². The van der Waals surface area contributed by atoms with E-state index >= 15 is 0 Å². The van der Waals surface area contributed by atoms with Gasteiger partial charge in [-0.25, -0.2) is 9.59 Å². The van der Waals surface area contributed by atoms with Crippen LogP contribution in [0, 0.1) is 6.92 Å². The highest BCUT2D eigenvalue weighted by Gasteiger charge is 2.25. The first kappa shape index (κ1) is 9.24. The lowest BCUT2D eigenvalue weighted by Gasteiger charge is -1.95. The fourth-order valence-corrected chi connectivity index (χ4v) is 0.858. The molecule has 0 unspecified atom stereocenters. The van der Waals surface area contributed by atoms with Gasteiger partial charge in [0, 0.05) is 0 Å². The molecule has 0 atom stereocenters. The second-order valence-electron chi connectivity index (χ2n) is 2.27. The summed E-state index contributed by atoms with van der Waals surface area (Å²) in [4.78, 5) is 21.5. The Kier molecular flexibility index (Phi) is 2.32. The summed E-state index contributed by atoms with van der Waals surface area (Å²) in [6, 6.07) is 0. The Morgan fingerprint density at radius 1 is 1.54 bits per heavy atom. The van der Waals surface area contributed by atoms with Crippen LogP contribution in [0.1, 0.15) is 26.6 Å². The molecule has 0 radical (unpaired) electrons. The molecule has 0 aliphatic rings. The van der Waals surface area contributed by atoms with Gasteiger partial charge in [0.2, 0.25) is 0 Å². The number of nitrogens with zero attached hydrogens (tertiary/aromatic N) is 1. The van der Waals surface area contributed by atoms with Crippen LogP contribution in [-0.4, -0.2) is 29.3 Å². The Balaban J connectivity index is 3.24. The smallest absolute Gasteiger partial charge is 0.375 e. The zero-order valence-corrected chi connectivity index (χ0v) is 7.03. The van der Waals surface area contributed by atoms with Crippen LogP contribution in [0.15, 0.2) is 4.52 Å². The van der Waals surface area contributed by atoms with Crippen LogP contribution in [0.3, 0.4) is 0 Å². The van der Waals surface area contributed by atoms with E-state index in [9.17, 15) is 9.59 Å². The molecule has 0 aliphatic carbocycles. The molecule has 0 saturated carbocycles. The molecule has 1 aromatic heterocycles. The molecule has 0 aromatic carbocycles. The summed E-state index contributed by atoms with van der Waals surface area (Å²) in [6.07, 6.45) is 0. The number of hydrogen-bond acceptors (Lipinski definition) is 5. The van der Waals surface area contributed by atoms with E-state index in [1.54, 1.807) is 0 Å². The van der Waals surface area contributed by atoms with Crippen molar-refractivity contribution >= 4 is 11.9 Å². The maximum atomic E-state index is 11.0. The zero-order chi connectivity index (χ0) is 10.0. The van der Waals surface area contributed by atoms with Crippen LogP contribution in [0.25, 0.3) is 0 Å². The lowest BCUT2D eigenvalue weighted by molar-refractivity contribution is 0.0568. The van der Waals surface area contributed by atoms with Crippen LogP contribution in [0.5, 0.6) is 0 Å². The number of carbonyl (C=O) groups is 2.